The van der Waals surface area contributed by atoms with Crippen LogP contribution in [0.4, 0.5) is 4.39 Å². The highest BCUT2D eigenvalue weighted by Gasteiger charge is 2.23. The molecular weight excluding hydrogens is 439 g/mol. The first-order chi connectivity index (χ1) is 15.3. The van der Waals surface area contributed by atoms with E-state index in [0.717, 1.165) is 17.2 Å². The molecule has 1 heterocycles. The lowest BCUT2D eigenvalue weighted by Crippen LogP contribution is -2.43. The van der Waals surface area contributed by atoms with E-state index in [0.29, 0.717) is 12.2 Å². The Hall–Kier alpha value is -3.72. The standard InChI is InChI=1S/C22H20ClFN4O4/c1-13-7-9-15(10-8-13)11-28-20(23)19(14(2)27-28)22(31)32-12-18(29)25-26-21(30)16-5-3-4-6-17(16)24/h3-10H,11-12H2,1-2H3,(H,25,29)(H,26,30). The molecule has 3 rings (SSSR count). The normalized spacial score (nSPS) is 10.5. The van der Waals surface area contributed by atoms with E-state index < -0.39 is 30.2 Å². The topological polar surface area (TPSA) is 102 Å². The van der Waals surface area contributed by atoms with Crippen molar-refractivity contribution in [2.45, 2.75) is 20.4 Å². The first-order valence-electron chi connectivity index (χ1n) is 9.55. The lowest BCUT2D eigenvalue weighted by Gasteiger charge is -2.09. The average molecular weight is 459 g/mol. The summed E-state index contributed by atoms with van der Waals surface area (Å²) in [6, 6.07) is 13.1. The van der Waals surface area contributed by atoms with E-state index in [2.05, 4.69) is 10.5 Å². The molecule has 0 aliphatic carbocycles. The molecule has 10 heteroatoms. The molecule has 3 aromatic rings. The van der Waals surface area contributed by atoms with Crippen LogP contribution in [0.5, 0.6) is 0 Å². The van der Waals surface area contributed by atoms with Gasteiger partial charge in [0, 0.05) is 0 Å². The fourth-order valence-electron chi connectivity index (χ4n) is 2.83. The maximum absolute atomic E-state index is 13.6. The molecule has 0 atom stereocenters. The highest BCUT2D eigenvalue weighted by Crippen LogP contribution is 2.22. The molecule has 0 bridgehead atoms. The molecule has 1 aromatic heterocycles. The maximum atomic E-state index is 13.6. The van der Waals surface area contributed by atoms with Crippen LogP contribution in [-0.2, 0) is 16.1 Å². The molecule has 2 amide bonds. The van der Waals surface area contributed by atoms with Gasteiger partial charge in [0.05, 0.1) is 17.8 Å². The molecule has 32 heavy (non-hydrogen) atoms. The molecule has 166 valence electrons. The van der Waals surface area contributed by atoms with Gasteiger partial charge in [0.25, 0.3) is 11.8 Å². The van der Waals surface area contributed by atoms with E-state index in [-0.39, 0.29) is 16.3 Å². The third kappa shape index (κ3) is 5.50. The highest BCUT2D eigenvalue weighted by molar-refractivity contribution is 6.32. The minimum Gasteiger partial charge on any atom is -0.452 e. The number of benzene rings is 2. The van der Waals surface area contributed by atoms with Crippen molar-refractivity contribution < 1.29 is 23.5 Å². The molecule has 0 saturated carbocycles. The number of esters is 1. The van der Waals surface area contributed by atoms with Crippen molar-refractivity contribution in [3.8, 4) is 0 Å². The van der Waals surface area contributed by atoms with E-state index >= 15 is 0 Å². The molecule has 0 unspecified atom stereocenters. The monoisotopic (exact) mass is 458 g/mol. The van der Waals surface area contributed by atoms with Crippen LogP contribution < -0.4 is 10.9 Å². The fraction of sp³-hybridized carbons (Fsp3) is 0.182. The molecule has 8 nitrogen and oxygen atoms in total. The Morgan fingerprint density at radius 2 is 1.75 bits per heavy atom. The van der Waals surface area contributed by atoms with Crippen molar-refractivity contribution in [1.29, 1.82) is 0 Å². The quantitative estimate of drug-likeness (QED) is 0.437. The fourth-order valence-corrected chi connectivity index (χ4v) is 3.15. The molecule has 2 aromatic carbocycles. The zero-order valence-electron chi connectivity index (χ0n) is 17.3. The number of hydrogen-bond acceptors (Lipinski definition) is 5. The van der Waals surface area contributed by atoms with Gasteiger partial charge in [-0.3, -0.25) is 20.4 Å². The Labute approximate surface area is 188 Å². The van der Waals surface area contributed by atoms with Crippen LogP contribution in [0.15, 0.2) is 48.5 Å². The molecule has 0 radical (unpaired) electrons. The molecule has 0 saturated heterocycles. The summed E-state index contributed by atoms with van der Waals surface area (Å²) in [5.74, 6) is -3.24. The molecule has 2 N–H and O–H groups in total. The number of ether oxygens (including phenoxy) is 1. The number of aromatic nitrogens is 2. The Kier molecular flexibility index (Phi) is 7.21. The molecule has 0 aliphatic heterocycles. The Morgan fingerprint density at radius 3 is 2.44 bits per heavy atom. The van der Waals surface area contributed by atoms with Crippen molar-refractivity contribution in [3.63, 3.8) is 0 Å². The summed E-state index contributed by atoms with van der Waals surface area (Å²) in [5.41, 5.74) is 6.31. The largest absolute Gasteiger partial charge is 0.452 e. The predicted octanol–water partition coefficient (Wildman–Crippen LogP) is 2.96. The first kappa shape index (κ1) is 23.0. The van der Waals surface area contributed by atoms with E-state index in [1.165, 1.54) is 22.9 Å². The molecule has 0 fully saturated rings. The van der Waals surface area contributed by atoms with Gasteiger partial charge in [0.1, 0.15) is 16.5 Å². The number of aryl methyl sites for hydroxylation is 2. The van der Waals surface area contributed by atoms with Gasteiger partial charge in [-0.15, -0.1) is 0 Å². The van der Waals surface area contributed by atoms with Crippen molar-refractivity contribution in [2.75, 3.05) is 6.61 Å². The van der Waals surface area contributed by atoms with Gasteiger partial charge in [-0.1, -0.05) is 53.6 Å². The first-order valence-corrected chi connectivity index (χ1v) is 9.93. The molecule has 0 aliphatic rings. The number of carbonyl (C=O) groups is 3. The second-order valence-electron chi connectivity index (χ2n) is 6.95. The summed E-state index contributed by atoms with van der Waals surface area (Å²) >= 11 is 6.31. The smallest absolute Gasteiger partial charge is 0.343 e. The van der Waals surface area contributed by atoms with Gasteiger partial charge in [-0.2, -0.15) is 5.10 Å². The summed E-state index contributed by atoms with van der Waals surface area (Å²) in [5, 5.41) is 4.35. The maximum Gasteiger partial charge on any atom is 0.343 e. The highest BCUT2D eigenvalue weighted by atomic mass is 35.5. The number of hydrogen-bond donors (Lipinski definition) is 2. The molecular formula is C22H20ClFN4O4. The van der Waals surface area contributed by atoms with Gasteiger partial charge in [0.2, 0.25) is 0 Å². The van der Waals surface area contributed by atoms with Crippen molar-refractivity contribution in [1.82, 2.24) is 20.6 Å². The van der Waals surface area contributed by atoms with Crippen LogP contribution in [0.3, 0.4) is 0 Å². The van der Waals surface area contributed by atoms with Crippen LogP contribution in [-0.4, -0.2) is 34.2 Å². The van der Waals surface area contributed by atoms with Gasteiger partial charge in [-0.25, -0.2) is 13.9 Å². The van der Waals surface area contributed by atoms with Gasteiger partial charge in [0.15, 0.2) is 6.61 Å². The van der Waals surface area contributed by atoms with Crippen LogP contribution in [0, 0.1) is 19.7 Å². The Bertz CT molecular complexity index is 1160. The van der Waals surface area contributed by atoms with Gasteiger partial charge >= 0.3 is 5.97 Å². The minimum absolute atomic E-state index is 0.0435. The van der Waals surface area contributed by atoms with Gasteiger partial charge in [-0.05, 0) is 31.5 Å². The summed E-state index contributed by atoms with van der Waals surface area (Å²) in [7, 11) is 0. The van der Waals surface area contributed by atoms with E-state index in [9.17, 15) is 18.8 Å². The lowest BCUT2D eigenvalue weighted by molar-refractivity contribution is -0.125. The zero-order valence-corrected chi connectivity index (χ0v) is 18.1. The summed E-state index contributed by atoms with van der Waals surface area (Å²) in [6.07, 6.45) is 0. The number of carbonyl (C=O) groups excluding carboxylic acids is 3. The number of nitrogens with one attached hydrogen (secondary N) is 2. The third-order valence-corrected chi connectivity index (χ3v) is 4.87. The van der Waals surface area contributed by atoms with Crippen LogP contribution in [0.25, 0.3) is 0 Å². The zero-order chi connectivity index (χ0) is 23.3. The van der Waals surface area contributed by atoms with E-state index in [1.807, 2.05) is 36.6 Å². The Balaban J connectivity index is 1.56. The number of amides is 2. The number of rotatable bonds is 6. The second kappa shape index (κ2) is 10.1. The van der Waals surface area contributed by atoms with Crippen LogP contribution in [0.2, 0.25) is 5.15 Å². The summed E-state index contributed by atoms with van der Waals surface area (Å²) in [6.45, 7) is 3.25. The van der Waals surface area contributed by atoms with Gasteiger partial charge < -0.3 is 4.74 Å². The van der Waals surface area contributed by atoms with Crippen LogP contribution in [0.1, 0.15) is 37.5 Å². The van der Waals surface area contributed by atoms with Crippen molar-refractivity contribution in [3.05, 3.63) is 87.4 Å². The number of hydrazine groups is 1. The average Bonchev–Trinajstić information content (AvgIpc) is 3.05. The Morgan fingerprint density at radius 1 is 1.06 bits per heavy atom. The number of halogens is 2. The summed E-state index contributed by atoms with van der Waals surface area (Å²) < 4.78 is 20.0. The van der Waals surface area contributed by atoms with E-state index in [1.54, 1.807) is 6.92 Å². The SMILES string of the molecule is Cc1ccc(Cn2nc(C)c(C(=O)OCC(=O)NNC(=O)c3ccccc3F)c2Cl)cc1. The predicted molar refractivity (Wildman–Crippen MR) is 115 cm³/mol. The second-order valence-corrected chi connectivity index (χ2v) is 7.31. The van der Waals surface area contributed by atoms with Crippen molar-refractivity contribution in [2.24, 2.45) is 0 Å². The van der Waals surface area contributed by atoms with Crippen molar-refractivity contribution >= 4 is 29.4 Å². The lowest BCUT2D eigenvalue weighted by atomic mass is 10.1. The number of nitrogens with zero attached hydrogens (tertiary/aromatic N) is 2. The molecule has 0 spiro atoms. The summed E-state index contributed by atoms with van der Waals surface area (Å²) in [4.78, 5) is 36.2. The third-order valence-electron chi connectivity index (χ3n) is 4.49. The van der Waals surface area contributed by atoms with Crippen LogP contribution >= 0.6 is 11.6 Å². The van der Waals surface area contributed by atoms with E-state index in [4.69, 9.17) is 16.3 Å². The minimum atomic E-state index is -0.848.